The first kappa shape index (κ1) is 22.1. The van der Waals surface area contributed by atoms with Crippen molar-refractivity contribution >= 4 is 41.2 Å². The fourth-order valence-electron chi connectivity index (χ4n) is 1.59. The second-order valence-electron chi connectivity index (χ2n) is 5.73. The Hall–Kier alpha value is -0.890. The Balaban J connectivity index is 3.99. The maximum absolute atomic E-state index is 11.7. The molecule has 6 nitrogen and oxygen atoms in total. The Labute approximate surface area is 147 Å². The van der Waals surface area contributed by atoms with Crippen molar-refractivity contribution in [3.63, 3.8) is 0 Å². The topological polar surface area (TPSA) is 101 Å². The largest absolute Gasteiger partial charge is 0.368 e. The van der Waals surface area contributed by atoms with E-state index in [4.69, 9.17) is 5.73 Å². The van der Waals surface area contributed by atoms with Gasteiger partial charge in [-0.3, -0.25) is 14.4 Å². The highest BCUT2D eigenvalue weighted by Crippen LogP contribution is 2.09. The minimum Gasteiger partial charge on any atom is -0.368 e. The van der Waals surface area contributed by atoms with Crippen LogP contribution in [-0.4, -0.2) is 52.3 Å². The van der Waals surface area contributed by atoms with Gasteiger partial charge in [0.15, 0.2) is 0 Å². The maximum atomic E-state index is 11.7. The van der Waals surface area contributed by atoms with Gasteiger partial charge in [0, 0.05) is 6.54 Å². The maximum Gasteiger partial charge on any atom is 0.240 e. The van der Waals surface area contributed by atoms with Gasteiger partial charge in [-0.1, -0.05) is 27.7 Å². The molecule has 0 aliphatic carbocycles. The van der Waals surface area contributed by atoms with Crippen LogP contribution in [0.3, 0.4) is 0 Å². The number of amides is 3. The lowest BCUT2D eigenvalue weighted by molar-refractivity contribution is -0.126. The van der Waals surface area contributed by atoms with E-state index in [1.807, 2.05) is 27.7 Å². The third-order valence-corrected chi connectivity index (χ3v) is 4.96. The van der Waals surface area contributed by atoms with Crippen molar-refractivity contribution in [1.82, 2.24) is 10.6 Å². The van der Waals surface area contributed by atoms with Gasteiger partial charge in [-0.25, -0.2) is 0 Å². The molecule has 0 aliphatic heterocycles. The van der Waals surface area contributed by atoms with E-state index < -0.39 is 11.9 Å². The number of primary amides is 1. The minimum atomic E-state index is -0.683. The summed E-state index contributed by atoms with van der Waals surface area (Å²) in [6.07, 6.45) is 1.01. The molecule has 23 heavy (non-hydrogen) atoms. The Morgan fingerprint density at radius 2 is 1.48 bits per heavy atom. The van der Waals surface area contributed by atoms with Crippen molar-refractivity contribution in [2.45, 2.75) is 57.1 Å². The van der Waals surface area contributed by atoms with Crippen LogP contribution in [0.1, 0.15) is 40.5 Å². The molecule has 3 amide bonds. The molecule has 8 heteroatoms. The average Bonchev–Trinajstić information content (AvgIpc) is 2.45. The molecule has 134 valence electrons. The molecule has 0 spiro atoms. The van der Waals surface area contributed by atoms with Gasteiger partial charge in [0.25, 0.3) is 0 Å². The van der Waals surface area contributed by atoms with Crippen molar-refractivity contribution in [2.24, 2.45) is 5.73 Å². The van der Waals surface area contributed by atoms with Crippen LogP contribution in [-0.2, 0) is 14.4 Å². The van der Waals surface area contributed by atoms with Crippen LogP contribution >= 0.6 is 23.5 Å². The van der Waals surface area contributed by atoms with E-state index in [2.05, 4.69) is 10.6 Å². The van der Waals surface area contributed by atoms with Crippen molar-refractivity contribution < 1.29 is 14.4 Å². The van der Waals surface area contributed by atoms with E-state index in [9.17, 15) is 14.4 Å². The first-order valence-corrected chi connectivity index (χ1v) is 9.90. The summed E-state index contributed by atoms with van der Waals surface area (Å²) in [4.78, 5) is 34.7. The zero-order chi connectivity index (χ0) is 17.8. The summed E-state index contributed by atoms with van der Waals surface area (Å²) in [7, 11) is 0. The summed E-state index contributed by atoms with van der Waals surface area (Å²) < 4.78 is 0. The highest BCUT2D eigenvalue weighted by Gasteiger charge is 2.17. The second kappa shape index (κ2) is 12.5. The van der Waals surface area contributed by atoms with Gasteiger partial charge in [-0.2, -0.15) is 0 Å². The molecule has 0 aliphatic rings. The summed E-state index contributed by atoms with van der Waals surface area (Å²) in [5.41, 5.74) is 5.31. The number of nitrogens with one attached hydrogen (secondary N) is 2. The Morgan fingerprint density at radius 3 is 1.96 bits per heavy atom. The van der Waals surface area contributed by atoms with Crippen molar-refractivity contribution in [1.29, 1.82) is 0 Å². The fraction of sp³-hybridized carbons (Fsp3) is 0.800. The molecule has 1 atom stereocenters. The molecule has 0 saturated carbocycles. The monoisotopic (exact) mass is 363 g/mol. The number of carbonyl (C=O) groups excluding carboxylic acids is 3. The molecular weight excluding hydrogens is 334 g/mol. The molecule has 0 aromatic rings. The van der Waals surface area contributed by atoms with Crippen LogP contribution in [0, 0.1) is 0 Å². The van der Waals surface area contributed by atoms with Gasteiger partial charge < -0.3 is 16.4 Å². The molecule has 0 aromatic heterocycles. The SMILES string of the molecule is CC(C)SCC(=O)NCCC[C@H](NC(=O)CSC(C)C)C(N)=O. The molecule has 0 unspecified atom stereocenters. The summed E-state index contributed by atoms with van der Waals surface area (Å²) in [5, 5.41) is 6.22. The number of thioether (sulfide) groups is 2. The number of rotatable bonds is 12. The first-order chi connectivity index (χ1) is 10.7. The fourth-order valence-corrected chi connectivity index (χ4v) is 2.75. The zero-order valence-electron chi connectivity index (χ0n) is 14.4. The summed E-state index contributed by atoms with van der Waals surface area (Å²) >= 11 is 3.09. The van der Waals surface area contributed by atoms with Gasteiger partial charge in [0.1, 0.15) is 6.04 Å². The molecule has 0 saturated heterocycles. The van der Waals surface area contributed by atoms with E-state index in [-0.39, 0.29) is 11.8 Å². The smallest absolute Gasteiger partial charge is 0.240 e. The third-order valence-electron chi connectivity index (χ3n) is 2.77. The van der Waals surface area contributed by atoms with Gasteiger partial charge >= 0.3 is 0 Å². The van der Waals surface area contributed by atoms with Crippen molar-refractivity contribution in [3.05, 3.63) is 0 Å². The summed E-state index contributed by atoms with van der Waals surface area (Å²) in [5.74, 6) is -0.0128. The van der Waals surface area contributed by atoms with Gasteiger partial charge in [0.2, 0.25) is 17.7 Å². The van der Waals surface area contributed by atoms with Crippen LogP contribution in [0.15, 0.2) is 0 Å². The van der Waals surface area contributed by atoms with Crippen molar-refractivity contribution in [3.8, 4) is 0 Å². The average molecular weight is 364 g/mol. The molecule has 0 aromatic carbocycles. The first-order valence-electron chi connectivity index (χ1n) is 7.81. The number of hydrogen-bond acceptors (Lipinski definition) is 5. The lowest BCUT2D eigenvalue weighted by Crippen LogP contribution is -2.45. The Bertz CT molecular complexity index is 390. The number of hydrogen-bond donors (Lipinski definition) is 3. The highest BCUT2D eigenvalue weighted by molar-refractivity contribution is 8.00. The summed E-state index contributed by atoms with van der Waals surface area (Å²) in [6, 6.07) is -0.683. The van der Waals surface area contributed by atoms with Crippen LogP contribution in [0.2, 0.25) is 0 Å². The number of nitrogens with two attached hydrogens (primary N) is 1. The Morgan fingerprint density at radius 1 is 0.957 bits per heavy atom. The van der Waals surface area contributed by atoms with E-state index in [0.717, 1.165) is 0 Å². The molecular formula is C15H29N3O3S2. The van der Waals surface area contributed by atoms with Crippen LogP contribution in [0.5, 0.6) is 0 Å². The Kier molecular flexibility index (Phi) is 12.0. The number of carbonyl (C=O) groups is 3. The van der Waals surface area contributed by atoms with Crippen LogP contribution in [0.25, 0.3) is 0 Å². The molecule has 0 bridgehead atoms. The molecule has 0 heterocycles. The molecule has 0 fully saturated rings. The zero-order valence-corrected chi connectivity index (χ0v) is 16.0. The third kappa shape index (κ3) is 13.3. The summed E-state index contributed by atoms with van der Waals surface area (Å²) in [6.45, 7) is 8.55. The van der Waals surface area contributed by atoms with Gasteiger partial charge in [-0.15, -0.1) is 23.5 Å². The van der Waals surface area contributed by atoms with Crippen LogP contribution < -0.4 is 16.4 Å². The predicted molar refractivity (Wildman–Crippen MR) is 98.6 cm³/mol. The normalized spacial score (nSPS) is 12.3. The van der Waals surface area contributed by atoms with Gasteiger partial charge in [-0.05, 0) is 23.3 Å². The molecule has 0 rings (SSSR count). The quantitative estimate of drug-likeness (QED) is 0.451. The minimum absolute atomic E-state index is 0.0170. The lowest BCUT2D eigenvalue weighted by atomic mass is 10.1. The van der Waals surface area contributed by atoms with E-state index >= 15 is 0 Å². The molecule has 0 radical (unpaired) electrons. The highest BCUT2D eigenvalue weighted by atomic mass is 32.2. The lowest BCUT2D eigenvalue weighted by Gasteiger charge is -2.16. The predicted octanol–water partition coefficient (Wildman–Crippen LogP) is 1.14. The standard InChI is InChI=1S/C15H29N3O3S2/c1-10(2)22-8-13(19)17-7-5-6-12(15(16)21)18-14(20)9-23-11(3)4/h10-12H,5-9H2,1-4H3,(H2,16,21)(H,17,19)(H,18,20)/t12-/m0/s1. The van der Waals surface area contributed by atoms with E-state index in [0.29, 0.717) is 41.4 Å². The van der Waals surface area contributed by atoms with Crippen LogP contribution in [0.4, 0.5) is 0 Å². The van der Waals surface area contributed by atoms with Crippen molar-refractivity contribution in [2.75, 3.05) is 18.1 Å². The van der Waals surface area contributed by atoms with E-state index in [1.54, 1.807) is 11.8 Å². The second-order valence-corrected chi connectivity index (χ2v) is 8.86. The molecule has 4 N–H and O–H groups in total. The van der Waals surface area contributed by atoms with E-state index in [1.165, 1.54) is 11.8 Å². The van der Waals surface area contributed by atoms with Gasteiger partial charge in [0.05, 0.1) is 11.5 Å².